The van der Waals surface area contributed by atoms with Crippen molar-refractivity contribution in [3.63, 3.8) is 0 Å². The van der Waals surface area contributed by atoms with Gasteiger partial charge in [-0.2, -0.15) is 13.2 Å². The van der Waals surface area contributed by atoms with Crippen LogP contribution < -0.4 is 10.0 Å². The monoisotopic (exact) mass is 248 g/mol. The lowest BCUT2D eigenvalue weighted by molar-refractivity contribution is -0.173. The molecule has 90 valence electrons. The Bertz CT molecular complexity index is 312. The largest absolute Gasteiger partial charge is 0.471 e. The van der Waals surface area contributed by atoms with Crippen molar-refractivity contribution in [3.8, 4) is 0 Å². The van der Waals surface area contributed by atoms with Crippen LogP contribution in [0.3, 0.4) is 0 Å². The summed E-state index contributed by atoms with van der Waals surface area (Å²) in [5, 5.41) is 1.53. The van der Waals surface area contributed by atoms with Gasteiger partial charge >= 0.3 is 12.1 Å². The van der Waals surface area contributed by atoms with Crippen LogP contribution in [0.5, 0.6) is 0 Å². The van der Waals surface area contributed by atoms with E-state index in [-0.39, 0.29) is 12.3 Å². The van der Waals surface area contributed by atoms with Gasteiger partial charge < -0.3 is 5.32 Å². The molecule has 5 nitrogen and oxygen atoms in total. The summed E-state index contributed by atoms with van der Waals surface area (Å²) in [4.78, 5) is 10.2. The summed E-state index contributed by atoms with van der Waals surface area (Å²) in [6.07, 6.45) is -4.94. The number of carbonyl (C=O) groups excluding carboxylic acids is 1. The quantitative estimate of drug-likeness (QED) is 0.650. The van der Waals surface area contributed by atoms with Crippen molar-refractivity contribution in [2.45, 2.75) is 13.1 Å². The number of hydrogen-bond acceptors (Lipinski definition) is 3. The maximum atomic E-state index is 11.6. The maximum Gasteiger partial charge on any atom is 0.471 e. The number of amides is 1. The van der Waals surface area contributed by atoms with Crippen molar-refractivity contribution in [3.05, 3.63) is 0 Å². The smallest absolute Gasteiger partial charge is 0.347 e. The Kier molecular flexibility index (Phi) is 5.01. The number of carbonyl (C=O) groups is 1. The van der Waals surface area contributed by atoms with E-state index < -0.39 is 28.7 Å². The minimum Gasteiger partial charge on any atom is -0.347 e. The molecule has 0 spiro atoms. The van der Waals surface area contributed by atoms with Crippen molar-refractivity contribution in [2.24, 2.45) is 0 Å². The summed E-state index contributed by atoms with van der Waals surface area (Å²) >= 11 is 0. The molecule has 0 aromatic heterocycles. The number of hydrogen-bond donors (Lipinski definition) is 2. The van der Waals surface area contributed by atoms with Crippen molar-refractivity contribution in [1.82, 2.24) is 10.0 Å². The van der Waals surface area contributed by atoms with Gasteiger partial charge in [0.2, 0.25) is 10.0 Å². The molecule has 0 saturated carbocycles. The summed E-state index contributed by atoms with van der Waals surface area (Å²) in [6.45, 7) is 0.714. The van der Waals surface area contributed by atoms with Crippen LogP contribution in [-0.2, 0) is 14.8 Å². The second kappa shape index (κ2) is 5.31. The summed E-state index contributed by atoms with van der Waals surface area (Å²) in [6, 6.07) is 0. The van der Waals surface area contributed by atoms with Gasteiger partial charge in [-0.05, 0) is 6.92 Å². The number of alkyl halides is 3. The summed E-state index contributed by atoms with van der Waals surface area (Å²) in [7, 11) is -3.44. The molecule has 2 N–H and O–H groups in total. The second-order valence-electron chi connectivity index (χ2n) is 2.55. The van der Waals surface area contributed by atoms with Crippen molar-refractivity contribution < 1.29 is 26.4 Å². The van der Waals surface area contributed by atoms with E-state index in [1.54, 1.807) is 0 Å². The Morgan fingerprint density at radius 2 is 1.80 bits per heavy atom. The van der Waals surface area contributed by atoms with Crippen LogP contribution in [-0.4, -0.2) is 39.3 Å². The molecule has 9 heteroatoms. The zero-order valence-corrected chi connectivity index (χ0v) is 8.70. The van der Waals surface area contributed by atoms with E-state index in [4.69, 9.17) is 0 Å². The Morgan fingerprint density at radius 3 is 2.20 bits per heavy atom. The topological polar surface area (TPSA) is 75.3 Å². The molecule has 0 aliphatic carbocycles. The van der Waals surface area contributed by atoms with E-state index in [9.17, 15) is 26.4 Å². The summed E-state index contributed by atoms with van der Waals surface area (Å²) in [5.74, 6) is -2.25. The van der Waals surface area contributed by atoms with Crippen LogP contribution in [0.4, 0.5) is 13.2 Å². The molecule has 0 atom stereocenters. The third-order valence-corrected chi connectivity index (χ3v) is 2.77. The summed E-state index contributed by atoms with van der Waals surface area (Å²) in [5.41, 5.74) is 0. The molecule has 0 unspecified atom stereocenters. The van der Waals surface area contributed by atoms with Crippen LogP contribution in [0.15, 0.2) is 0 Å². The highest BCUT2D eigenvalue weighted by Gasteiger charge is 2.38. The van der Waals surface area contributed by atoms with Gasteiger partial charge in [0, 0.05) is 13.1 Å². The van der Waals surface area contributed by atoms with E-state index >= 15 is 0 Å². The van der Waals surface area contributed by atoms with E-state index in [0.717, 1.165) is 0 Å². The zero-order valence-electron chi connectivity index (χ0n) is 7.89. The first-order chi connectivity index (χ1) is 6.69. The fraction of sp³-hybridized carbons (Fsp3) is 0.833. The molecule has 0 aromatic rings. The predicted octanol–water partition coefficient (Wildman–Crippen LogP) is -0.396. The van der Waals surface area contributed by atoms with Crippen LogP contribution in [0, 0.1) is 0 Å². The molecule has 0 aliphatic rings. The first-order valence-corrected chi connectivity index (χ1v) is 5.66. The van der Waals surface area contributed by atoms with Crippen LogP contribution in [0.2, 0.25) is 0 Å². The van der Waals surface area contributed by atoms with Gasteiger partial charge in [-0.1, -0.05) is 0 Å². The Labute approximate surface area is 85.1 Å². The molecular formula is C6H11F3N2O3S. The number of sulfonamides is 1. The Morgan fingerprint density at radius 1 is 1.27 bits per heavy atom. The lowest BCUT2D eigenvalue weighted by atomic mass is 10.5. The molecule has 0 saturated heterocycles. The van der Waals surface area contributed by atoms with E-state index in [1.165, 1.54) is 12.2 Å². The molecule has 0 heterocycles. The fourth-order valence-corrected chi connectivity index (χ4v) is 1.20. The SMILES string of the molecule is CCS(=O)(=O)NCCNC(=O)C(F)(F)F. The van der Waals surface area contributed by atoms with Gasteiger partial charge in [0.05, 0.1) is 5.75 Å². The Hall–Kier alpha value is -0.830. The van der Waals surface area contributed by atoms with Crippen molar-refractivity contribution in [2.75, 3.05) is 18.8 Å². The Balaban J connectivity index is 3.79. The van der Waals surface area contributed by atoms with Gasteiger partial charge in [-0.25, -0.2) is 13.1 Å². The number of rotatable bonds is 5. The van der Waals surface area contributed by atoms with Crippen LogP contribution in [0.25, 0.3) is 0 Å². The highest BCUT2D eigenvalue weighted by atomic mass is 32.2. The molecular weight excluding hydrogens is 237 g/mol. The maximum absolute atomic E-state index is 11.6. The standard InChI is InChI=1S/C6H11F3N2O3S/c1-2-15(13,14)11-4-3-10-5(12)6(7,8)9/h11H,2-4H2,1H3,(H,10,12). The van der Waals surface area contributed by atoms with Crippen molar-refractivity contribution >= 4 is 15.9 Å². The van der Waals surface area contributed by atoms with Gasteiger partial charge in [0.15, 0.2) is 0 Å². The highest BCUT2D eigenvalue weighted by molar-refractivity contribution is 7.89. The van der Waals surface area contributed by atoms with Crippen LogP contribution in [0.1, 0.15) is 6.92 Å². The van der Waals surface area contributed by atoms with Gasteiger partial charge in [-0.3, -0.25) is 4.79 Å². The number of halogens is 3. The molecule has 1 amide bonds. The fourth-order valence-electron chi connectivity index (χ4n) is 0.585. The molecule has 0 bridgehead atoms. The van der Waals surface area contributed by atoms with E-state index in [2.05, 4.69) is 0 Å². The molecule has 0 fully saturated rings. The first kappa shape index (κ1) is 14.2. The van der Waals surface area contributed by atoms with Crippen LogP contribution >= 0.6 is 0 Å². The summed E-state index contributed by atoms with van der Waals surface area (Å²) < 4.78 is 58.5. The highest BCUT2D eigenvalue weighted by Crippen LogP contribution is 2.13. The minimum atomic E-state index is -4.94. The average molecular weight is 248 g/mol. The minimum absolute atomic E-state index is 0.166. The third kappa shape index (κ3) is 6.28. The predicted molar refractivity (Wildman–Crippen MR) is 46.5 cm³/mol. The molecule has 0 aliphatic heterocycles. The average Bonchev–Trinajstić information content (AvgIpc) is 2.10. The third-order valence-electron chi connectivity index (χ3n) is 1.37. The first-order valence-electron chi connectivity index (χ1n) is 4.01. The van der Waals surface area contributed by atoms with Crippen molar-refractivity contribution in [1.29, 1.82) is 0 Å². The van der Waals surface area contributed by atoms with E-state index in [1.807, 2.05) is 4.72 Å². The molecule has 0 aromatic carbocycles. The normalized spacial score (nSPS) is 12.5. The zero-order chi connectivity index (χ0) is 12.1. The van der Waals surface area contributed by atoms with Gasteiger partial charge in [-0.15, -0.1) is 0 Å². The lowest BCUT2D eigenvalue weighted by Gasteiger charge is -2.08. The second-order valence-corrected chi connectivity index (χ2v) is 4.65. The van der Waals surface area contributed by atoms with Gasteiger partial charge in [0.1, 0.15) is 0 Å². The van der Waals surface area contributed by atoms with E-state index in [0.29, 0.717) is 0 Å². The molecule has 0 rings (SSSR count). The number of nitrogens with one attached hydrogen (secondary N) is 2. The lowest BCUT2D eigenvalue weighted by Crippen LogP contribution is -2.41. The molecule has 15 heavy (non-hydrogen) atoms. The molecule has 0 radical (unpaired) electrons. The van der Waals surface area contributed by atoms with Gasteiger partial charge in [0.25, 0.3) is 0 Å².